The lowest BCUT2D eigenvalue weighted by molar-refractivity contribution is -0.123. The van der Waals surface area contributed by atoms with E-state index in [4.69, 9.17) is 9.47 Å². The number of anilines is 1. The zero-order valence-corrected chi connectivity index (χ0v) is 19.5. The van der Waals surface area contributed by atoms with Gasteiger partial charge in [0.2, 0.25) is 0 Å². The summed E-state index contributed by atoms with van der Waals surface area (Å²) < 4.78 is 38.2. The summed E-state index contributed by atoms with van der Waals surface area (Å²) in [7, 11) is -2.21. The minimum absolute atomic E-state index is 0.0119. The molecule has 0 aromatic heterocycles. The number of hydrogen-bond donors (Lipinski definition) is 2. The van der Waals surface area contributed by atoms with E-state index in [1.54, 1.807) is 31.4 Å². The van der Waals surface area contributed by atoms with Crippen LogP contribution in [0.4, 0.5) is 5.69 Å². The van der Waals surface area contributed by atoms with Gasteiger partial charge in [-0.3, -0.25) is 9.52 Å². The number of aryl methyl sites for hydroxylation is 1. The van der Waals surface area contributed by atoms with Crippen LogP contribution in [0.2, 0.25) is 0 Å². The Balaban J connectivity index is 1.46. The number of rotatable bonds is 11. The van der Waals surface area contributed by atoms with Crippen molar-refractivity contribution >= 4 is 21.6 Å². The van der Waals surface area contributed by atoms with Crippen molar-refractivity contribution in [3.63, 3.8) is 0 Å². The molecule has 0 radical (unpaired) electrons. The van der Waals surface area contributed by atoms with Gasteiger partial charge in [-0.2, -0.15) is 0 Å². The second kappa shape index (κ2) is 11.4. The van der Waals surface area contributed by atoms with Gasteiger partial charge in [-0.05, 0) is 73.9 Å². The molecule has 0 aliphatic heterocycles. The van der Waals surface area contributed by atoms with Crippen LogP contribution in [0.15, 0.2) is 83.8 Å². The maximum Gasteiger partial charge on any atom is 0.261 e. The number of benzene rings is 3. The summed E-state index contributed by atoms with van der Waals surface area (Å²) >= 11 is 0. The van der Waals surface area contributed by atoms with E-state index in [0.717, 1.165) is 12.8 Å². The highest BCUT2D eigenvalue weighted by atomic mass is 32.2. The van der Waals surface area contributed by atoms with Crippen molar-refractivity contribution in [3.8, 4) is 11.5 Å². The molecule has 0 spiro atoms. The second-order valence-corrected chi connectivity index (χ2v) is 9.27. The van der Waals surface area contributed by atoms with Crippen molar-refractivity contribution in [2.24, 2.45) is 0 Å². The van der Waals surface area contributed by atoms with Crippen molar-refractivity contribution < 1.29 is 22.7 Å². The minimum Gasteiger partial charge on any atom is -0.497 e. The van der Waals surface area contributed by atoms with Crippen LogP contribution in [0, 0.1) is 0 Å². The van der Waals surface area contributed by atoms with Gasteiger partial charge in [0.1, 0.15) is 11.5 Å². The van der Waals surface area contributed by atoms with Gasteiger partial charge >= 0.3 is 0 Å². The Morgan fingerprint density at radius 3 is 2.18 bits per heavy atom. The van der Waals surface area contributed by atoms with Gasteiger partial charge in [0.05, 0.1) is 12.0 Å². The molecule has 2 N–H and O–H groups in total. The summed E-state index contributed by atoms with van der Waals surface area (Å²) in [6.45, 7) is 1.81. The zero-order chi connectivity index (χ0) is 23.7. The third-order valence-electron chi connectivity index (χ3n) is 4.96. The molecule has 1 atom stereocenters. The quantitative estimate of drug-likeness (QED) is 0.443. The Morgan fingerprint density at radius 1 is 0.909 bits per heavy atom. The van der Waals surface area contributed by atoms with E-state index in [9.17, 15) is 13.2 Å². The highest BCUT2D eigenvalue weighted by Gasteiger charge is 2.15. The van der Waals surface area contributed by atoms with Gasteiger partial charge in [0, 0.05) is 11.7 Å². The second-order valence-electron chi connectivity index (χ2n) is 7.59. The first kappa shape index (κ1) is 24.1. The molecule has 3 aromatic carbocycles. The Labute approximate surface area is 194 Å². The first-order chi connectivity index (χ1) is 15.9. The Kier molecular flexibility index (Phi) is 8.32. The van der Waals surface area contributed by atoms with E-state index in [-0.39, 0.29) is 23.5 Å². The van der Waals surface area contributed by atoms with Gasteiger partial charge in [-0.25, -0.2) is 8.42 Å². The van der Waals surface area contributed by atoms with Gasteiger partial charge in [-0.15, -0.1) is 0 Å². The third kappa shape index (κ3) is 7.54. The maximum absolute atomic E-state index is 12.6. The average Bonchev–Trinajstić information content (AvgIpc) is 2.82. The number of carbonyl (C=O) groups is 1. The van der Waals surface area contributed by atoms with E-state index >= 15 is 0 Å². The Morgan fingerprint density at radius 2 is 1.55 bits per heavy atom. The first-order valence-corrected chi connectivity index (χ1v) is 12.1. The fraction of sp³-hybridized carbons (Fsp3) is 0.240. The molecule has 3 rings (SSSR count). The predicted molar refractivity (Wildman–Crippen MR) is 128 cm³/mol. The number of amides is 1. The van der Waals surface area contributed by atoms with Crippen LogP contribution in [0.1, 0.15) is 18.9 Å². The monoisotopic (exact) mass is 468 g/mol. The molecule has 3 aromatic rings. The normalized spacial score (nSPS) is 11.9. The molecular formula is C25H28N2O5S. The smallest absolute Gasteiger partial charge is 0.261 e. The molecular weight excluding hydrogens is 440 g/mol. The molecule has 1 amide bonds. The lowest BCUT2D eigenvalue weighted by Crippen LogP contribution is -2.36. The molecule has 174 valence electrons. The molecule has 0 saturated carbocycles. The van der Waals surface area contributed by atoms with E-state index in [0.29, 0.717) is 17.2 Å². The average molecular weight is 469 g/mol. The Hall–Kier alpha value is -3.52. The first-order valence-electron chi connectivity index (χ1n) is 10.6. The number of sulfonamides is 1. The molecule has 33 heavy (non-hydrogen) atoms. The van der Waals surface area contributed by atoms with Crippen LogP contribution >= 0.6 is 0 Å². The third-order valence-corrected chi connectivity index (χ3v) is 6.36. The molecule has 0 aliphatic carbocycles. The van der Waals surface area contributed by atoms with E-state index in [2.05, 4.69) is 22.2 Å². The maximum atomic E-state index is 12.6. The highest BCUT2D eigenvalue weighted by molar-refractivity contribution is 7.92. The van der Waals surface area contributed by atoms with Crippen molar-refractivity contribution in [2.75, 3.05) is 18.4 Å². The topological polar surface area (TPSA) is 93.7 Å². The molecule has 0 bridgehead atoms. The molecule has 8 heteroatoms. The summed E-state index contributed by atoms with van der Waals surface area (Å²) in [6.07, 6.45) is 1.70. The summed E-state index contributed by atoms with van der Waals surface area (Å²) in [5.74, 6) is 0.813. The van der Waals surface area contributed by atoms with Crippen molar-refractivity contribution in [2.45, 2.75) is 30.7 Å². The van der Waals surface area contributed by atoms with Crippen molar-refractivity contribution in [1.82, 2.24) is 5.32 Å². The fourth-order valence-electron chi connectivity index (χ4n) is 3.15. The molecule has 0 saturated heterocycles. The number of hydrogen-bond acceptors (Lipinski definition) is 5. The largest absolute Gasteiger partial charge is 0.497 e. The van der Waals surface area contributed by atoms with Crippen LogP contribution < -0.4 is 19.5 Å². The number of nitrogens with one attached hydrogen (secondary N) is 2. The van der Waals surface area contributed by atoms with Crippen LogP contribution in [-0.2, 0) is 21.2 Å². The SMILES string of the molecule is COc1ccc(NS(=O)(=O)c2ccc(OCC(=O)N[C@@H](C)CCc3ccccc3)cc2)cc1. The summed E-state index contributed by atoms with van der Waals surface area (Å²) in [5.41, 5.74) is 1.65. The van der Waals surface area contributed by atoms with Crippen LogP contribution in [-0.4, -0.2) is 34.1 Å². The van der Waals surface area contributed by atoms with E-state index < -0.39 is 10.0 Å². The number of methoxy groups -OCH3 is 1. The lowest BCUT2D eigenvalue weighted by Gasteiger charge is -2.14. The van der Waals surface area contributed by atoms with Gasteiger partial charge in [-0.1, -0.05) is 30.3 Å². The molecule has 0 heterocycles. The van der Waals surface area contributed by atoms with Crippen LogP contribution in [0.3, 0.4) is 0 Å². The lowest BCUT2D eigenvalue weighted by atomic mass is 10.1. The molecule has 0 aliphatic rings. The highest BCUT2D eigenvalue weighted by Crippen LogP contribution is 2.21. The fourth-order valence-corrected chi connectivity index (χ4v) is 4.21. The summed E-state index contributed by atoms with van der Waals surface area (Å²) in [6, 6.07) is 22.6. The minimum atomic E-state index is -3.75. The van der Waals surface area contributed by atoms with Gasteiger partial charge < -0.3 is 14.8 Å². The predicted octanol–water partition coefficient (Wildman–Crippen LogP) is 4.01. The van der Waals surface area contributed by atoms with Gasteiger partial charge in [0.15, 0.2) is 6.61 Å². The number of ether oxygens (including phenoxy) is 2. The van der Waals surface area contributed by atoms with E-state index in [1.807, 2.05) is 25.1 Å². The number of carbonyl (C=O) groups excluding carboxylic acids is 1. The standard InChI is InChI=1S/C25H28N2O5S/c1-19(8-9-20-6-4-3-5-7-20)26-25(28)18-32-23-14-16-24(17-15-23)33(29,30)27-21-10-12-22(31-2)13-11-21/h3-7,10-17,19,27H,8-9,18H2,1-2H3,(H,26,28)/t19-/m0/s1. The van der Waals surface area contributed by atoms with Crippen molar-refractivity contribution in [3.05, 3.63) is 84.4 Å². The molecule has 0 fully saturated rings. The summed E-state index contributed by atoms with van der Waals surface area (Å²) in [4.78, 5) is 12.2. The van der Waals surface area contributed by atoms with Gasteiger partial charge in [0.25, 0.3) is 15.9 Å². The van der Waals surface area contributed by atoms with Crippen molar-refractivity contribution in [1.29, 1.82) is 0 Å². The molecule has 0 unspecified atom stereocenters. The molecule has 7 nitrogen and oxygen atoms in total. The van der Waals surface area contributed by atoms with Crippen LogP contribution in [0.25, 0.3) is 0 Å². The van der Waals surface area contributed by atoms with Crippen LogP contribution in [0.5, 0.6) is 11.5 Å². The zero-order valence-electron chi connectivity index (χ0n) is 18.7. The van der Waals surface area contributed by atoms with E-state index in [1.165, 1.54) is 29.8 Å². The summed E-state index contributed by atoms with van der Waals surface area (Å²) in [5, 5.41) is 2.91. The Bertz CT molecular complexity index is 1130.